The molecule has 0 aromatic carbocycles. The Morgan fingerprint density at radius 1 is 1.43 bits per heavy atom. The Hall–Kier alpha value is -0.120. The fourth-order valence-electron chi connectivity index (χ4n) is 2.50. The SMILES string of the molecule is CC1CC(N2CCOC(C(C)N)C2)C1. The maximum absolute atomic E-state index is 5.86. The predicted octanol–water partition coefficient (Wildman–Crippen LogP) is 0.833. The number of hydrogen-bond acceptors (Lipinski definition) is 3. The molecule has 0 bridgehead atoms. The van der Waals surface area contributed by atoms with E-state index in [9.17, 15) is 0 Å². The van der Waals surface area contributed by atoms with Gasteiger partial charge in [-0.2, -0.15) is 0 Å². The molecular weight excluding hydrogens is 176 g/mol. The third-order valence-corrected chi connectivity index (χ3v) is 3.58. The van der Waals surface area contributed by atoms with Crippen LogP contribution in [0.3, 0.4) is 0 Å². The van der Waals surface area contributed by atoms with Crippen LogP contribution in [0.1, 0.15) is 26.7 Å². The molecule has 1 aliphatic heterocycles. The van der Waals surface area contributed by atoms with Gasteiger partial charge in [-0.3, -0.25) is 4.90 Å². The summed E-state index contributed by atoms with van der Waals surface area (Å²) in [6.07, 6.45) is 2.98. The Morgan fingerprint density at radius 2 is 2.14 bits per heavy atom. The van der Waals surface area contributed by atoms with Crippen LogP contribution >= 0.6 is 0 Å². The highest BCUT2D eigenvalue weighted by atomic mass is 16.5. The zero-order chi connectivity index (χ0) is 10.1. The van der Waals surface area contributed by atoms with Crippen LogP contribution in [0.2, 0.25) is 0 Å². The van der Waals surface area contributed by atoms with E-state index in [4.69, 9.17) is 10.5 Å². The van der Waals surface area contributed by atoms with Gasteiger partial charge in [-0.25, -0.2) is 0 Å². The molecule has 3 nitrogen and oxygen atoms in total. The van der Waals surface area contributed by atoms with E-state index in [1.54, 1.807) is 0 Å². The van der Waals surface area contributed by atoms with Crippen molar-refractivity contribution in [1.29, 1.82) is 0 Å². The molecule has 1 aliphatic carbocycles. The fraction of sp³-hybridized carbons (Fsp3) is 1.00. The molecule has 2 unspecified atom stereocenters. The van der Waals surface area contributed by atoms with E-state index in [-0.39, 0.29) is 12.1 Å². The van der Waals surface area contributed by atoms with Crippen molar-refractivity contribution < 1.29 is 4.74 Å². The summed E-state index contributed by atoms with van der Waals surface area (Å²) in [5.41, 5.74) is 5.86. The topological polar surface area (TPSA) is 38.5 Å². The summed E-state index contributed by atoms with van der Waals surface area (Å²) in [6.45, 7) is 7.37. The maximum Gasteiger partial charge on any atom is 0.0850 e. The van der Waals surface area contributed by atoms with Gasteiger partial charge in [0, 0.05) is 25.2 Å². The van der Waals surface area contributed by atoms with Gasteiger partial charge >= 0.3 is 0 Å². The van der Waals surface area contributed by atoms with Crippen molar-refractivity contribution in [1.82, 2.24) is 4.90 Å². The standard InChI is InChI=1S/C11H22N2O/c1-8-5-10(6-8)13-3-4-14-11(7-13)9(2)12/h8-11H,3-7,12H2,1-2H3. The van der Waals surface area contributed by atoms with Gasteiger partial charge in [-0.15, -0.1) is 0 Å². The zero-order valence-electron chi connectivity index (χ0n) is 9.28. The van der Waals surface area contributed by atoms with E-state index in [1.807, 2.05) is 6.92 Å². The van der Waals surface area contributed by atoms with Crippen molar-refractivity contribution in [2.75, 3.05) is 19.7 Å². The second kappa shape index (κ2) is 4.17. The van der Waals surface area contributed by atoms with Crippen molar-refractivity contribution >= 4 is 0 Å². The van der Waals surface area contributed by atoms with Crippen LogP contribution < -0.4 is 5.73 Å². The molecule has 0 aromatic heterocycles. The van der Waals surface area contributed by atoms with Gasteiger partial charge in [-0.1, -0.05) is 6.92 Å². The molecule has 0 amide bonds. The molecule has 82 valence electrons. The number of morpholine rings is 1. The van der Waals surface area contributed by atoms with E-state index < -0.39 is 0 Å². The van der Waals surface area contributed by atoms with E-state index in [1.165, 1.54) is 12.8 Å². The first-order valence-corrected chi connectivity index (χ1v) is 5.78. The summed E-state index contributed by atoms with van der Waals surface area (Å²) < 4.78 is 5.65. The average molecular weight is 198 g/mol. The molecule has 0 spiro atoms. The normalized spacial score (nSPS) is 41.8. The van der Waals surface area contributed by atoms with Gasteiger partial charge in [0.2, 0.25) is 0 Å². The van der Waals surface area contributed by atoms with Crippen molar-refractivity contribution in [3.05, 3.63) is 0 Å². The first kappa shape index (κ1) is 10.4. The summed E-state index contributed by atoms with van der Waals surface area (Å²) in [4.78, 5) is 2.57. The Bertz CT molecular complexity index is 190. The molecular formula is C11H22N2O. The quantitative estimate of drug-likeness (QED) is 0.714. The molecule has 1 heterocycles. The van der Waals surface area contributed by atoms with Gasteiger partial charge in [0.15, 0.2) is 0 Å². The third-order valence-electron chi connectivity index (χ3n) is 3.58. The number of nitrogens with two attached hydrogens (primary N) is 1. The molecule has 2 N–H and O–H groups in total. The monoisotopic (exact) mass is 198 g/mol. The minimum Gasteiger partial charge on any atom is -0.374 e. The number of nitrogens with zero attached hydrogens (tertiary/aromatic N) is 1. The van der Waals surface area contributed by atoms with Crippen LogP contribution in [0.15, 0.2) is 0 Å². The van der Waals surface area contributed by atoms with Gasteiger partial charge in [0.25, 0.3) is 0 Å². The Labute approximate surface area is 86.6 Å². The molecule has 3 heteroatoms. The van der Waals surface area contributed by atoms with Crippen LogP contribution in [0.5, 0.6) is 0 Å². The lowest BCUT2D eigenvalue weighted by Crippen LogP contribution is -2.55. The molecule has 14 heavy (non-hydrogen) atoms. The Kier molecular flexibility index (Phi) is 3.10. The number of ether oxygens (including phenoxy) is 1. The van der Waals surface area contributed by atoms with E-state index in [0.29, 0.717) is 0 Å². The van der Waals surface area contributed by atoms with E-state index in [2.05, 4.69) is 11.8 Å². The summed E-state index contributed by atoms with van der Waals surface area (Å²) in [5, 5.41) is 0. The lowest BCUT2D eigenvalue weighted by molar-refractivity contribution is -0.0693. The van der Waals surface area contributed by atoms with Gasteiger partial charge in [0.1, 0.15) is 0 Å². The molecule has 1 saturated carbocycles. The maximum atomic E-state index is 5.86. The molecule has 2 fully saturated rings. The molecule has 0 aromatic rings. The summed E-state index contributed by atoms with van der Waals surface area (Å²) in [5.74, 6) is 0.927. The lowest BCUT2D eigenvalue weighted by Gasteiger charge is -2.45. The van der Waals surface area contributed by atoms with Crippen molar-refractivity contribution in [2.45, 2.75) is 44.9 Å². The highest BCUT2D eigenvalue weighted by molar-refractivity contribution is 4.88. The van der Waals surface area contributed by atoms with Gasteiger partial charge in [-0.05, 0) is 25.7 Å². The first-order chi connectivity index (χ1) is 6.66. The number of rotatable bonds is 2. The minimum absolute atomic E-state index is 0.162. The van der Waals surface area contributed by atoms with E-state index >= 15 is 0 Å². The first-order valence-electron chi connectivity index (χ1n) is 5.78. The minimum atomic E-state index is 0.162. The highest BCUT2D eigenvalue weighted by Gasteiger charge is 2.34. The van der Waals surface area contributed by atoms with Gasteiger partial charge in [0.05, 0.1) is 12.7 Å². The predicted molar refractivity (Wildman–Crippen MR) is 57.1 cm³/mol. The Balaban J connectivity index is 1.82. The average Bonchev–Trinajstić information content (AvgIpc) is 2.13. The largest absolute Gasteiger partial charge is 0.374 e. The van der Waals surface area contributed by atoms with Gasteiger partial charge < -0.3 is 10.5 Å². The van der Waals surface area contributed by atoms with Crippen LogP contribution in [0.25, 0.3) is 0 Å². The summed E-state index contributed by atoms with van der Waals surface area (Å²) in [6, 6.07) is 0.977. The second-order valence-corrected chi connectivity index (χ2v) is 4.99. The fourth-order valence-corrected chi connectivity index (χ4v) is 2.50. The van der Waals surface area contributed by atoms with Crippen molar-refractivity contribution in [3.63, 3.8) is 0 Å². The Morgan fingerprint density at radius 3 is 2.71 bits per heavy atom. The van der Waals surface area contributed by atoms with Crippen LogP contribution in [-0.2, 0) is 4.74 Å². The van der Waals surface area contributed by atoms with Crippen LogP contribution in [0.4, 0.5) is 0 Å². The van der Waals surface area contributed by atoms with Crippen LogP contribution in [-0.4, -0.2) is 42.8 Å². The summed E-state index contributed by atoms with van der Waals surface area (Å²) in [7, 11) is 0. The zero-order valence-corrected chi connectivity index (χ0v) is 9.28. The molecule has 0 radical (unpaired) electrons. The van der Waals surface area contributed by atoms with Crippen molar-refractivity contribution in [2.24, 2.45) is 11.7 Å². The molecule has 1 saturated heterocycles. The van der Waals surface area contributed by atoms with Crippen LogP contribution in [0, 0.1) is 5.92 Å². The second-order valence-electron chi connectivity index (χ2n) is 4.99. The highest BCUT2D eigenvalue weighted by Crippen LogP contribution is 2.32. The molecule has 2 rings (SSSR count). The van der Waals surface area contributed by atoms with E-state index in [0.717, 1.165) is 31.7 Å². The molecule has 2 aliphatic rings. The van der Waals surface area contributed by atoms with Crippen molar-refractivity contribution in [3.8, 4) is 0 Å². The lowest BCUT2D eigenvalue weighted by atomic mass is 9.80. The molecule has 2 atom stereocenters. The third kappa shape index (κ3) is 2.10. The number of hydrogen-bond donors (Lipinski definition) is 1. The summed E-state index contributed by atoms with van der Waals surface area (Å²) >= 11 is 0. The smallest absolute Gasteiger partial charge is 0.0850 e.